The van der Waals surface area contributed by atoms with Crippen LogP contribution in [-0.2, 0) is 24.1 Å². The topological polar surface area (TPSA) is 65.8 Å². The minimum atomic E-state index is -0.340. The van der Waals surface area contributed by atoms with Gasteiger partial charge in [-0.15, -0.1) is 0 Å². The zero-order valence-corrected chi connectivity index (χ0v) is 17.7. The first-order valence-electron chi connectivity index (χ1n) is 10.0. The monoisotopic (exact) mass is 393 g/mol. The van der Waals surface area contributed by atoms with E-state index in [1.807, 2.05) is 38.1 Å². The molecule has 1 aromatic heterocycles. The van der Waals surface area contributed by atoms with E-state index in [-0.39, 0.29) is 11.2 Å². The molecular weight excluding hydrogens is 366 g/mol. The zero-order chi connectivity index (χ0) is 20.1. The third-order valence-electron chi connectivity index (χ3n) is 5.28. The molecule has 1 N–H and O–H groups in total. The van der Waals surface area contributed by atoms with E-state index in [1.54, 1.807) is 0 Å². The van der Waals surface area contributed by atoms with Crippen LogP contribution in [0.25, 0.3) is 0 Å². The maximum absolute atomic E-state index is 12.8. The standard InChI is InChI=1S/C23H27N3OS/c1-4-17-11-8-9-15(2)21(17)26-22(27)16(3)28-23-19(14-24)13-18-10-6-5-7-12-20(18)25-23/h8-9,11,13,16H,4-7,10,12H2,1-3H3,(H,26,27). The van der Waals surface area contributed by atoms with Gasteiger partial charge in [-0.2, -0.15) is 5.26 Å². The van der Waals surface area contributed by atoms with Gasteiger partial charge in [0.2, 0.25) is 5.91 Å². The summed E-state index contributed by atoms with van der Waals surface area (Å²) in [5.74, 6) is -0.0605. The summed E-state index contributed by atoms with van der Waals surface area (Å²) in [7, 11) is 0. The quantitative estimate of drug-likeness (QED) is 0.559. The number of rotatable bonds is 5. The van der Waals surface area contributed by atoms with Crippen LogP contribution in [0.5, 0.6) is 0 Å². The lowest BCUT2D eigenvalue weighted by atomic mass is 10.1. The van der Waals surface area contributed by atoms with E-state index in [4.69, 9.17) is 4.98 Å². The average Bonchev–Trinajstić information content (AvgIpc) is 2.93. The van der Waals surface area contributed by atoms with Crippen molar-refractivity contribution < 1.29 is 4.79 Å². The molecule has 0 fully saturated rings. The van der Waals surface area contributed by atoms with Gasteiger partial charge in [-0.25, -0.2) is 4.98 Å². The Bertz CT molecular complexity index is 917. The van der Waals surface area contributed by atoms with Gasteiger partial charge in [0.05, 0.1) is 10.8 Å². The Hall–Kier alpha value is -2.32. The predicted molar refractivity (Wildman–Crippen MR) is 115 cm³/mol. The Labute approximate surface area is 171 Å². The summed E-state index contributed by atoms with van der Waals surface area (Å²) < 4.78 is 0. The summed E-state index contributed by atoms with van der Waals surface area (Å²) in [6, 6.07) is 10.3. The number of anilines is 1. The number of carbonyl (C=O) groups excluding carboxylic acids is 1. The van der Waals surface area contributed by atoms with Crippen LogP contribution in [-0.4, -0.2) is 16.1 Å². The van der Waals surface area contributed by atoms with Crippen molar-refractivity contribution in [3.05, 3.63) is 52.2 Å². The molecule has 146 valence electrons. The average molecular weight is 394 g/mol. The lowest BCUT2D eigenvalue weighted by molar-refractivity contribution is -0.115. The molecule has 1 aliphatic rings. The number of nitriles is 1. The van der Waals surface area contributed by atoms with Crippen LogP contribution in [0.2, 0.25) is 0 Å². The normalized spacial score (nSPS) is 14.5. The van der Waals surface area contributed by atoms with Gasteiger partial charge in [-0.05, 0) is 68.7 Å². The molecule has 0 spiro atoms. The highest BCUT2D eigenvalue weighted by atomic mass is 32.2. The van der Waals surface area contributed by atoms with E-state index < -0.39 is 0 Å². The van der Waals surface area contributed by atoms with E-state index in [0.29, 0.717) is 10.6 Å². The summed E-state index contributed by atoms with van der Waals surface area (Å²) in [6.45, 7) is 5.97. The number of thioether (sulfide) groups is 1. The van der Waals surface area contributed by atoms with Crippen LogP contribution in [0.1, 0.15) is 61.1 Å². The number of hydrogen-bond donors (Lipinski definition) is 1. The molecule has 1 heterocycles. The Morgan fingerprint density at radius 2 is 2.11 bits per heavy atom. The molecule has 1 unspecified atom stereocenters. The Morgan fingerprint density at radius 3 is 2.86 bits per heavy atom. The van der Waals surface area contributed by atoms with Crippen LogP contribution in [0, 0.1) is 18.3 Å². The number of aryl methyl sites for hydroxylation is 4. The van der Waals surface area contributed by atoms with E-state index in [9.17, 15) is 10.1 Å². The lowest BCUT2D eigenvalue weighted by Gasteiger charge is -2.17. The summed E-state index contributed by atoms with van der Waals surface area (Å²) in [5.41, 5.74) is 5.97. The van der Waals surface area contributed by atoms with Gasteiger partial charge in [0.15, 0.2) is 0 Å². The van der Waals surface area contributed by atoms with E-state index in [0.717, 1.165) is 54.6 Å². The van der Waals surface area contributed by atoms with Crippen molar-refractivity contribution in [2.75, 3.05) is 5.32 Å². The number of fused-ring (bicyclic) bond motifs is 1. The molecule has 4 nitrogen and oxygen atoms in total. The van der Waals surface area contributed by atoms with E-state index >= 15 is 0 Å². The van der Waals surface area contributed by atoms with Gasteiger partial charge < -0.3 is 5.32 Å². The fourth-order valence-corrected chi connectivity index (χ4v) is 4.50. The van der Waals surface area contributed by atoms with Crippen LogP contribution in [0.3, 0.4) is 0 Å². The fourth-order valence-electron chi connectivity index (χ4n) is 3.61. The predicted octanol–water partition coefficient (Wildman–Crippen LogP) is 5.21. The van der Waals surface area contributed by atoms with E-state index in [1.165, 1.54) is 23.7 Å². The van der Waals surface area contributed by atoms with Crippen LogP contribution in [0.4, 0.5) is 5.69 Å². The number of pyridine rings is 1. The van der Waals surface area contributed by atoms with Crippen LogP contribution >= 0.6 is 11.8 Å². The molecule has 5 heteroatoms. The van der Waals surface area contributed by atoms with Crippen molar-refractivity contribution in [2.45, 2.75) is 69.6 Å². The van der Waals surface area contributed by atoms with Crippen molar-refractivity contribution >= 4 is 23.4 Å². The highest BCUT2D eigenvalue weighted by molar-refractivity contribution is 8.00. The van der Waals surface area contributed by atoms with Gasteiger partial charge in [0, 0.05) is 11.4 Å². The number of carbonyl (C=O) groups is 1. The van der Waals surface area contributed by atoms with Crippen LogP contribution in [0.15, 0.2) is 29.3 Å². The third-order valence-corrected chi connectivity index (χ3v) is 6.38. The van der Waals surface area contributed by atoms with Crippen molar-refractivity contribution in [3.8, 4) is 6.07 Å². The number of benzene rings is 1. The molecule has 0 radical (unpaired) electrons. The molecule has 1 aromatic carbocycles. The SMILES string of the molecule is CCc1cccc(C)c1NC(=O)C(C)Sc1nc2c(cc1C#N)CCCCC2. The largest absolute Gasteiger partial charge is 0.325 e. The van der Waals surface area contributed by atoms with Crippen molar-refractivity contribution in [3.63, 3.8) is 0 Å². The molecule has 0 saturated heterocycles. The minimum absolute atomic E-state index is 0.0605. The molecule has 0 saturated carbocycles. The van der Waals surface area contributed by atoms with Gasteiger partial charge in [0.1, 0.15) is 11.1 Å². The maximum Gasteiger partial charge on any atom is 0.237 e. The molecule has 28 heavy (non-hydrogen) atoms. The van der Waals surface area contributed by atoms with Crippen molar-refractivity contribution in [2.24, 2.45) is 0 Å². The molecular formula is C23H27N3OS. The van der Waals surface area contributed by atoms with Gasteiger partial charge in [-0.3, -0.25) is 4.79 Å². The number of amides is 1. The summed E-state index contributed by atoms with van der Waals surface area (Å²) in [6.07, 6.45) is 6.31. The number of hydrogen-bond acceptors (Lipinski definition) is 4. The summed E-state index contributed by atoms with van der Waals surface area (Å²) in [4.78, 5) is 17.6. The highest BCUT2D eigenvalue weighted by Gasteiger charge is 2.21. The first-order valence-corrected chi connectivity index (χ1v) is 10.9. The highest BCUT2D eigenvalue weighted by Crippen LogP contribution is 2.30. The number of para-hydroxylation sites is 1. The lowest BCUT2D eigenvalue weighted by Crippen LogP contribution is -2.24. The first kappa shape index (κ1) is 20.4. The third kappa shape index (κ3) is 4.56. The number of nitrogens with one attached hydrogen (secondary N) is 1. The van der Waals surface area contributed by atoms with Crippen LogP contribution < -0.4 is 5.32 Å². The Balaban J connectivity index is 1.79. The minimum Gasteiger partial charge on any atom is -0.325 e. The van der Waals surface area contributed by atoms with Gasteiger partial charge in [-0.1, -0.05) is 43.3 Å². The Kier molecular flexibility index (Phi) is 6.74. The van der Waals surface area contributed by atoms with Crippen molar-refractivity contribution in [1.82, 2.24) is 4.98 Å². The molecule has 1 aliphatic carbocycles. The second-order valence-corrected chi connectivity index (χ2v) is 8.66. The van der Waals surface area contributed by atoms with Gasteiger partial charge >= 0.3 is 0 Å². The Morgan fingerprint density at radius 1 is 1.32 bits per heavy atom. The number of nitrogens with zero attached hydrogens (tertiary/aromatic N) is 2. The zero-order valence-electron chi connectivity index (χ0n) is 16.8. The van der Waals surface area contributed by atoms with E-state index in [2.05, 4.69) is 18.3 Å². The molecule has 1 amide bonds. The molecule has 0 bridgehead atoms. The maximum atomic E-state index is 12.8. The second kappa shape index (κ2) is 9.25. The first-order chi connectivity index (χ1) is 13.5. The van der Waals surface area contributed by atoms with Gasteiger partial charge in [0.25, 0.3) is 0 Å². The molecule has 0 aliphatic heterocycles. The summed E-state index contributed by atoms with van der Waals surface area (Å²) >= 11 is 1.38. The molecule has 1 atom stereocenters. The second-order valence-electron chi connectivity index (χ2n) is 7.33. The molecule has 3 rings (SSSR count). The van der Waals surface area contributed by atoms with Crippen molar-refractivity contribution in [1.29, 1.82) is 5.26 Å². The fraction of sp³-hybridized carbons (Fsp3) is 0.435. The smallest absolute Gasteiger partial charge is 0.237 e. The summed E-state index contributed by atoms with van der Waals surface area (Å²) in [5, 5.41) is 13.0. The number of aromatic nitrogens is 1. The molecule has 2 aromatic rings.